The molecule has 26 heavy (non-hydrogen) atoms. The normalized spacial score (nSPS) is 15.8. The van der Waals surface area contributed by atoms with Crippen LogP contribution >= 0.6 is 15.9 Å². The van der Waals surface area contributed by atoms with Crippen LogP contribution in [0.25, 0.3) is 0 Å². The number of phenolic OH excluding ortho intramolecular Hbond substituents is 1. The maximum absolute atomic E-state index is 12.7. The fraction of sp³-hybridized carbons (Fsp3) is 0.278. The van der Waals surface area contributed by atoms with Crippen LogP contribution < -0.4 is 0 Å². The molecule has 1 amide bonds. The number of phenols is 1. The first-order chi connectivity index (χ1) is 12.3. The molecule has 8 heteroatoms. The fourth-order valence-electron chi connectivity index (χ4n) is 2.88. The Balaban J connectivity index is 1.71. The number of carbonyl (C=O) groups excluding carboxylic acids is 1. The largest absolute Gasteiger partial charge is 0.507 e. The van der Waals surface area contributed by atoms with Crippen molar-refractivity contribution in [3.63, 3.8) is 0 Å². The van der Waals surface area contributed by atoms with Crippen molar-refractivity contribution in [3.8, 4) is 5.75 Å². The Morgan fingerprint density at radius 1 is 1.04 bits per heavy atom. The summed E-state index contributed by atoms with van der Waals surface area (Å²) in [4.78, 5) is 14.4. The first-order valence-electron chi connectivity index (χ1n) is 8.13. The summed E-state index contributed by atoms with van der Waals surface area (Å²) in [6.45, 7) is 2.84. The fourth-order valence-corrected chi connectivity index (χ4v) is 4.57. The number of aryl methyl sites for hydroxylation is 1. The van der Waals surface area contributed by atoms with Gasteiger partial charge in [-0.15, -0.1) is 0 Å². The third-order valence-corrected chi connectivity index (χ3v) is 6.80. The molecule has 0 aromatic heterocycles. The van der Waals surface area contributed by atoms with Crippen LogP contribution in [0.1, 0.15) is 15.9 Å². The van der Waals surface area contributed by atoms with Crippen molar-refractivity contribution in [2.75, 3.05) is 26.2 Å². The van der Waals surface area contributed by atoms with E-state index in [1.54, 1.807) is 41.3 Å². The summed E-state index contributed by atoms with van der Waals surface area (Å²) in [5.74, 6) is -0.350. The van der Waals surface area contributed by atoms with Crippen LogP contribution in [0.5, 0.6) is 5.75 Å². The lowest BCUT2D eigenvalue weighted by atomic mass is 10.1. The van der Waals surface area contributed by atoms with Crippen LogP contribution in [0.4, 0.5) is 0 Å². The Kier molecular flexibility index (Phi) is 5.36. The monoisotopic (exact) mass is 438 g/mol. The molecule has 0 saturated carbocycles. The quantitative estimate of drug-likeness (QED) is 0.798. The molecule has 1 aliphatic rings. The molecule has 0 bridgehead atoms. The summed E-state index contributed by atoms with van der Waals surface area (Å²) in [6.07, 6.45) is 0. The van der Waals surface area contributed by atoms with Gasteiger partial charge in [0.05, 0.1) is 10.5 Å². The second-order valence-corrected chi connectivity index (χ2v) is 9.02. The predicted molar refractivity (Wildman–Crippen MR) is 102 cm³/mol. The Hall–Kier alpha value is -1.90. The average molecular weight is 439 g/mol. The third kappa shape index (κ3) is 3.77. The zero-order chi connectivity index (χ0) is 18.9. The zero-order valence-corrected chi connectivity index (χ0v) is 16.6. The second kappa shape index (κ2) is 7.38. The Morgan fingerprint density at radius 2 is 1.65 bits per heavy atom. The molecule has 2 aromatic rings. The van der Waals surface area contributed by atoms with Crippen LogP contribution in [-0.4, -0.2) is 54.8 Å². The summed E-state index contributed by atoms with van der Waals surface area (Å²) in [5.41, 5.74) is 1.12. The van der Waals surface area contributed by atoms with E-state index in [1.807, 2.05) is 6.92 Å². The SMILES string of the molecule is Cc1ccc(O)c(C(=O)N2CCN(S(=O)(=O)c3ccc(Br)cc3)CC2)c1. The van der Waals surface area contributed by atoms with Gasteiger partial charge in [-0.25, -0.2) is 8.42 Å². The summed E-state index contributed by atoms with van der Waals surface area (Å²) in [6, 6.07) is 11.4. The Bertz CT molecular complexity index is 921. The standard InChI is InChI=1S/C18H19BrN2O4S/c1-13-2-7-17(22)16(12-13)18(23)20-8-10-21(11-9-20)26(24,25)15-5-3-14(19)4-6-15/h2-7,12,22H,8-11H2,1H3. The van der Waals surface area contributed by atoms with Crippen LogP contribution in [0.15, 0.2) is 51.8 Å². The predicted octanol–water partition coefficient (Wildman–Crippen LogP) is 2.61. The van der Waals surface area contributed by atoms with Gasteiger partial charge in [0.15, 0.2) is 0 Å². The number of hydrogen-bond acceptors (Lipinski definition) is 4. The van der Waals surface area contributed by atoms with Crippen molar-refractivity contribution in [2.45, 2.75) is 11.8 Å². The van der Waals surface area contributed by atoms with Crippen molar-refractivity contribution in [2.24, 2.45) is 0 Å². The van der Waals surface area contributed by atoms with E-state index < -0.39 is 10.0 Å². The van der Waals surface area contributed by atoms with Crippen molar-refractivity contribution >= 4 is 31.9 Å². The lowest BCUT2D eigenvalue weighted by Gasteiger charge is -2.34. The minimum atomic E-state index is -3.58. The van der Waals surface area contributed by atoms with E-state index in [2.05, 4.69) is 15.9 Å². The minimum absolute atomic E-state index is 0.0643. The third-order valence-electron chi connectivity index (χ3n) is 4.36. The number of hydrogen-bond donors (Lipinski definition) is 1. The summed E-state index contributed by atoms with van der Waals surface area (Å²) >= 11 is 3.29. The molecule has 0 unspecified atom stereocenters. The van der Waals surface area contributed by atoms with Crippen LogP contribution in [0, 0.1) is 6.92 Å². The number of aromatic hydroxyl groups is 1. The van der Waals surface area contributed by atoms with Gasteiger partial charge < -0.3 is 10.0 Å². The Labute approximate surface area is 161 Å². The summed E-state index contributed by atoms with van der Waals surface area (Å²) in [5, 5.41) is 9.93. The van der Waals surface area contributed by atoms with E-state index in [1.165, 1.54) is 10.4 Å². The smallest absolute Gasteiger partial charge is 0.257 e. The van der Waals surface area contributed by atoms with Crippen LogP contribution in [-0.2, 0) is 10.0 Å². The Morgan fingerprint density at radius 3 is 2.27 bits per heavy atom. The van der Waals surface area contributed by atoms with Gasteiger partial charge >= 0.3 is 0 Å². The summed E-state index contributed by atoms with van der Waals surface area (Å²) < 4.78 is 27.6. The molecular formula is C18H19BrN2O4S. The highest BCUT2D eigenvalue weighted by Crippen LogP contribution is 2.23. The van der Waals surface area contributed by atoms with Gasteiger partial charge in [0.1, 0.15) is 5.75 Å². The number of sulfonamides is 1. The highest BCUT2D eigenvalue weighted by molar-refractivity contribution is 9.10. The van der Waals surface area contributed by atoms with E-state index >= 15 is 0 Å². The molecule has 3 rings (SSSR count). The minimum Gasteiger partial charge on any atom is -0.507 e. The number of benzene rings is 2. The van der Waals surface area contributed by atoms with Gasteiger partial charge in [-0.1, -0.05) is 27.6 Å². The van der Waals surface area contributed by atoms with E-state index in [0.717, 1.165) is 10.0 Å². The van der Waals surface area contributed by atoms with Crippen LogP contribution in [0.3, 0.4) is 0 Å². The van der Waals surface area contributed by atoms with Gasteiger partial charge in [0.25, 0.3) is 5.91 Å². The van der Waals surface area contributed by atoms with Crippen molar-refractivity contribution in [1.29, 1.82) is 0 Å². The van der Waals surface area contributed by atoms with E-state index in [9.17, 15) is 18.3 Å². The average Bonchev–Trinajstić information content (AvgIpc) is 2.63. The molecule has 0 radical (unpaired) electrons. The molecule has 0 aliphatic carbocycles. The molecule has 2 aromatic carbocycles. The van der Waals surface area contributed by atoms with Gasteiger partial charge in [0.2, 0.25) is 10.0 Å². The number of piperazine rings is 1. The lowest BCUT2D eigenvalue weighted by Crippen LogP contribution is -2.50. The summed E-state index contributed by atoms with van der Waals surface area (Å²) in [7, 11) is -3.58. The van der Waals surface area contributed by atoms with Gasteiger partial charge in [0, 0.05) is 30.7 Å². The molecule has 0 atom stereocenters. The molecule has 0 spiro atoms. The highest BCUT2D eigenvalue weighted by atomic mass is 79.9. The van der Waals surface area contributed by atoms with Crippen molar-refractivity contribution < 1.29 is 18.3 Å². The molecule has 1 saturated heterocycles. The number of nitrogens with zero attached hydrogens (tertiary/aromatic N) is 2. The number of carbonyl (C=O) groups is 1. The first-order valence-corrected chi connectivity index (χ1v) is 10.4. The first kappa shape index (κ1) is 18.9. The van der Waals surface area contributed by atoms with Gasteiger partial charge in [-0.05, 0) is 43.3 Å². The van der Waals surface area contributed by atoms with Crippen LogP contribution in [0.2, 0.25) is 0 Å². The molecule has 1 fully saturated rings. The van der Waals surface area contributed by atoms with Gasteiger partial charge in [-0.2, -0.15) is 4.31 Å². The van der Waals surface area contributed by atoms with Gasteiger partial charge in [-0.3, -0.25) is 4.79 Å². The second-order valence-electron chi connectivity index (χ2n) is 6.17. The molecule has 6 nitrogen and oxygen atoms in total. The van der Waals surface area contributed by atoms with Crippen molar-refractivity contribution in [3.05, 3.63) is 58.1 Å². The lowest BCUT2D eigenvalue weighted by molar-refractivity contribution is 0.0694. The van der Waals surface area contributed by atoms with E-state index in [4.69, 9.17) is 0 Å². The van der Waals surface area contributed by atoms with E-state index in [0.29, 0.717) is 0 Å². The molecule has 1 aliphatic heterocycles. The molecular weight excluding hydrogens is 420 g/mol. The molecule has 1 N–H and O–H groups in total. The van der Waals surface area contributed by atoms with E-state index in [-0.39, 0.29) is 48.3 Å². The number of rotatable bonds is 3. The maximum Gasteiger partial charge on any atom is 0.257 e. The molecule has 1 heterocycles. The van der Waals surface area contributed by atoms with Crippen molar-refractivity contribution in [1.82, 2.24) is 9.21 Å². The zero-order valence-electron chi connectivity index (χ0n) is 14.2. The maximum atomic E-state index is 12.7. The number of halogens is 1. The highest BCUT2D eigenvalue weighted by Gasteiger charge is 2.31. The number of amides is 1. The molecule has 138 valence electrons. The topological polar surface area (TPSA) is 77.9 Å².